The van der Waals surface area contributed by atoms with Gasteiger partial charge in [-0.05, 0) is 29.8 Å². The van der Waals surface area contributed by atoms with Crippen LogP contribution in [-0.4, -0.2) is 9.55 Å². The molecule has 3 heteroatoms. The summed E-state index contributed by atoms with van der Waals surface area (Å²) in [5.41, 5.74) is 2.42. The summed E-state index contributed by atoms with van der Waals surface area (Å²) in [4.78, 5) is 4.03. The van der Waals surface area contributed by atoms with Gasteiger partial charge < -0.3 is 0 Å². The smallest absolute Gasteiger partial charge is 0.249 e. The third-order valence-corrected chi connectivity index (χ3v) is 2.86. The van der Waals surface area contributed by atoms with Crippen molar-refractivity contribution < 1.29 is 4.57 Å². The number of nitrogens with zero attached hydrogens (tertiary/aromatic N) is 3. The zero-order valence-corrected chi connectivity index (χ0v) is 9.98. The van der Waals surface area contributed by atoms with Gasteiger partial charge in [0.05, 0.1) is 0 Å². The molecule has 0 amide bonds. The van der Waals surface area contributed by atoms with Gasteiger partial charge in [-0.1, -0.05) is 18.2 Å². The maximum atomic E-state index is 4.03. The van der Waals surface area contributed by atoms with E-state index in [4.69, 9.17) is 0 Å². The second-order valence-corrected chi connectivity index (χ2v) is 4.18. The largest absolute Gasteiger partial charge is 0.265 e. The minimum absolute atomic E-state index is 0.863. The number of para-hydroxylation sites is 1. The Hall–Kier alpha value is -2.42. The molecular formula is C15H14N3+. The normalized spacial score (nSPS) is 10.4. The van der Waals surface area contributed by atoms with Gasteiger partial charge in [-0.15, -0.1) is 0 Å². The maximum absolute atomic E-state index is 4.03. The van der Waals surface area contributed by atoms with Gasteiger partial charge in [0, 0.05) is 12.4 Å². The first-order valence-corrected chi connectivity index (χ1v) is 5.93. The van der Waals surface area contributed by atoms with Gasteiger partial charge in [-0.2, -0.15) is 0 Å². The van der Waals surface area contributed by atoms with Crippen molar-refractivity contribution in [1.82, 2.24) is 9.55 Å². The molecule has 0 aliphatic rings. The number of pyridine rings is 1. The van der Waals surface area contributed by atoms with E-state index in [1.54, 1.807) is 0 Å². The number of hydrogen-bond donors (Lipinski definition) is 0. The van der Waals surface area contributed by atoms with E-state index in [-0.39, 0.29) is 0 Å². The predicted octanol–water partition coefficient (Wildman–Crippen LogP) is 2.21. The number of benzene rings is 1. The first-order chi connectivity index (χ1) is 8.92. The van der Waals surface area contributed by atoms with Crippen molar-refractivity contribution in [1.29, 1.82) is 0 Å². The third kappa shape index (κ3) is 2.30. The van der Waals surface area contributed by atoms with E-state index in [0.29, 0.717) is 0 Å². The monoisotopic (exact) mass is 236 g/mol. The summed E-state index contributed by atoms with van der Waals surface area (Å²) >= 11 is 0. The average molecular weight is 236 g/mol. The van der Waals surface area contributed by atoms with Crippen molar-refractivity contribution in [2.24, 2.45) is 0 Å². The molecule has 0 aliphatic heterocycles. The number of aromatic nitrogens is 3. The second kappa shape index (κ2) is 4.84. The molecule has 0 radical (unpaired) electrons. The SMILES string of the molecule is c1ccc(-n2cc[n+](Cc3ccncc3)c2)cc1. The lowest BCUT2D eigenvalue weighted by molar-refractivity contribution is -0.687. The molecule has 0 saturated heterocycles. The summed E-state index contributed by atoms with van der Waals surface area (Å²) in [6.07, 6.45) is 9.88. The maximum Gasteiger partial charge on any atom is 0.249 e. The molecule has 3 aromatic rings. The summed E-state index contributed by atoms with van der Waals surface area (Å²) in [6.45, 7) is 0.863. The van der Waals surface area contributed by atoms with Crippen molar-refractivity contribution in [3.05, 3.63) is 79.1 Å². The van der Waals surface area contributed by atoms with Gasteiger partial charge in [0.25, 0.3) is 0 Å². The van der Waals surface area contributed by atoms with Crippen LogP contribution in [0.2, 0.25) is 0 Å². The highest BCUT2D eigenvalue weighted by Gasteiger charge is 2.06. The van der Waals surface area contributed by atoms with Crippen LogP contribution >= 0.6 is 0 Å². The molecule has 3 rings (SSSR count). The first-order valence-electron chi connectivity index (χ1n) is 5.93. The third-order valence-electron chi connectivity index (χ3n) is 2.86. The van der Waals surface area contributed by atoms with Gasteiger partial charge >= 0.3 is 0 Å². The van der Waals surface area contributed by atoms with E-state index in [0.717, 1.165) is 6.54 Å². The molecule has 0 atom stereocenters. The van der Waals surface area contributed by atoms with Crippen LogP contribution < -0.4 is 4.57 Å². The minimum atomic E-state index is 0.863. The molecule has 3 nitrogen and oxygen atoms in total. The fourth-order valence-electron chi connectivity index (χ4n) is 1.94. The van der Waals surface area contributed by atoms with Crippen LogP contribution in [0.5, 0.6) is 0 Å². The molecule has 0 bridgehead atoms. The van der Waals surface area contributed by atoms with E-state index in [1.165, 1.54) is 11.3 Å². The Bertz CT molecular complexity index is 615. The van der Waals surface area contributed by atoms with Crippen LogP contribution in [-0.2, 0) is 6.54 Å². The average Bonchev–Trinajstić information content (AvgIpc) is 2.89. The van der Waals surface area contributed by atoms with Crippen molar-refractivity contribution in [2.45, 2.75) is 6.54 Å². The second-order valence-electron chi connectivity index (χ2n) is 4.18. The summed E-state index contributed by atoms with van der Waals surface area (Å²) < 4.78 is 4.27. The molecule has 0 spiro atoms. The highest BCUT2D eigenvalue weighted by Crippen LogP contribution is 2.05. The standard InChI is InChI=1S/C15H14N3/c1-2-4-15(5-3-1)18-11-10-17(13-18)12-14-6-8-16-9-7-14/h1-11,13H,12H2/q+1. The molecule has 0 fully saturated rings. The molecule has 88 valence electrons. The minimum Gasteiger partial charge on any atom is -0.265 e. The van der Waals surface area contributed by atoms with Gasteiger partial charge in [-0.25, -0.2) is 9.13 Å². The highest BCUT2D eigenvalue weighted by atomic mass is 15.1. The summed E-state index contributed by atoms with van der Waals surface area (Å²) in [5.74, 6) is 0. The predicted molar refractivity (Wildman–Crippen MR) is 69.3 cm³/mol. The fourth-order valence-corrected chi connectivity index (χ4v) is 1.94. The number of hydrogen-bond acceptors (Lipinski definition) is 1. The van der Waals surface area contributed by atoms with Crippen molar-refractivity contribution in [3.63, 3.8) is 0 Å². The summed E-state index contributed by atoms with van der Waals surface area (Å²) in [6, 6.07) is 14.4. The van der Waals surface area contributed by atoms with Gasteiger partial charge in [0.15, 0.2) is 0 Å². The summed E-state index contributed by atoms with van der Waals surface area (Å²) in [7, 11) is 0. The van der Waals surface area contributed by atoms with Gasteiger partial charge in [-0.3, -0.25) is 4.98 Å². The van der Waals surface area contributed by atoms with Gasteiger partial charge in [0.2, 0.25) is 6.33 Å². The van der Waals surface area contributed by atoms with E-state index in [2.05, 4.69) is 45.0 Å². The van der Waals surface area contributed by atoms with Crippen molar-refractivity contribution in [2.75, 3.05) is 0 Å². The van der Waals surface area contributed by atoms with Crippen LogP contribution in [0.4, 0.5) is 0 Å². The topological polar surface area (TPSA) is 21.7 Å². The zero-order valence-electron chi connectivity index (χ0n) is 9.98. The molecule has 0 aliphatic carbocycles. The lowest BCUT2D eigenvalue weighted by atomic mass is 10.3. The van der Waals surface area contributed by atoms with E-state index >= 15 is 0 Å². The Balaban J connectivity index is 1.82. The molecule has 0 N–H and O–H groups in total. The highest BCUT2D eigenvalue weighted by molar-refractivity contribution is 5.30. The van der Waals surface area contributed by atoms with Crippen LogP contribution in [0, 0.1) is 0 Å². The molecule has 2 heterocycles. The molecule has 1 aromatic carbocycles. The number of rotatable bonds is 3. The van der Waals surface area contributed by atoms with Crippen LogP contribution in [0.3, 0.4) is 0 Å². The lowest BCUT2D eigenvalue weighted by Gasteiger charge is -1.96. The Morgan fingerprint density at radius 1 is 1.00 bits per heavy atom. The Labute approximate surface area is 106 Å². The Morgan fingerprint density at radius 2 is 1.78 bits per heavy atom. The lowest BCUT2D eigenvalue weighted by Crippen LogP contribution is -2.31. The van der Waals surface area contributed by atoms with E-state index < -0.39 is 0 Å². The molecule has 18 heavy (non-hydrogen) atoms. The van der Waals surface area contributed by atoms with Crippen molar-refractivity contribution in [3.8, 4) is 5.69 Å². The molecule has 2 aromatic heterocycles. The zero-order chi connectivity index (χ0) is 12.2. The van der Waals surface area contributed by atoms with E-state index in [9.17, 15) is 0 Å². The van der Waals surface area contributed by atoms with Crippen LogP contribution in [0.1, 0.15) is 5.56 Å². The van der Waals surface area contributed by atoms with E-state index in [1.807, 2.05) is 42.7 Å². The van der Waals surface area contributed by atoms with Crippen molar-refractivity contribution >= 4 is 0 Å². The number of imidazole rings is 1. The summed E-state index contributed by atoms with van der Waals surface area (Å²) in [5, 5.41) is 0. The van der Waals surface area contributed by atoms with Crippen LogP contribution in [0.15, 0.2) is 73.6 Å². The molecular weight excluding hydrogens is 222 g/mol. The quantitative estimate of drug-likeness (QED) is 0.639. The Morgan fingerprint density at radius 3 is 2.56 bits per heavy atom. The molecule has 0 saturated carbocycles. The first kappa shape index (κ1) is 10.7. The molecule has 0 unspecified atom stereocenters. The van der Waals surface area contributed by atoms with Crippen LogP contribution in [0.25, 0.3) is 5.69 Å². The Kier molecular flexibility index (Phi) is 2.88. The van der Waals surface area contributed by atoms with Gasteiger partial charge in [0.1, 0.15) is 24.6 Å². The fraction of sp³-hybridized carbons (Fsp3) is 0.0667.